The van der Waals surface area contributed by atoms with E-state index in [1.165, 1.54) is 0 Å². The zero-order chi connectivity index (χ0) is 12.8. The van der Waals surface area contributed by atoms with E-state index in [9.17, 15) is 0 Å². The van der Waals surface area contributed by atoms with Gasteiger partial charge >= 0.3 is 0 Å². The molecule has 0 aliphatic heterocycles. The molecule has 0 amide bonds. The summed E-state index contributed by atoms with van der Waals surface area (Å²) in [7, 11) is 2.01. The fourth-order valence-corrected chi connectivity index (χ4v) is 1.76. The van der Waals surface area contributed by atoms with Crippen molar-refractivity contribution in [3.05, 3.63) is 18.2 Å². The van der Waals surface area contributed by atoms with E-state index >= 15 is 0 Å². The second-order valence-electron chi connectivity index (χ2n) is 4.45. The summed E-state index contributed by atoms with van der Waals surface area (Å²) in [5.41, 5.74) is 5.49. The second kappa shape index (κ2) is 6.39. The smallest absolute Gasteiger partial charge is 0.109 e. The van der Waals surface area contributed by atoms with Gasteiger partial charge in [-0.3, -0.25) is 5.41 Å². The molecule has 0 radical (unpaired) electrons. The lowest BCUT2D eigenvalue weighted by atomic mass is 10.1. The van der Waals surface area contributed by atoms with E-state index in [1.807, 2.05) is 30.9 Å². The molecule has 0 saturated heterocycles. The van der Waals surface area contributed by atoms with Gasteiger partial charge in [0, 0.05) is 44.9 Å². The molecule has 0 bridgehead atoms. The quantitative estimate of drug-likeness (QED) is 0.546. The monoisotopic (exact) mass is 237 g/mol. The molecule has 0 spiro atoms. The maximum absolute atomic E-state index is 7.41. The van der Waals surface area contributed by atoms with Crippen LogP contribution in [0.2, 0.25) is 0 Å². The minimum atomic E-state index is 0.122. The van der Waals surface area contributed by atoms with Gasteiger partial charge in [0.15, 0.2) is 0 Å². The molecule has 5 heteroatoms. The molecule has 0 saturated carbocycles. The molecule has 1 rings (SSSR count). The zero-order valence-corrected chi connectivity index (χ0v) is 11.0. The standard InChI is InChI=1S/C12H23N5/c1-4-17(9-10(2)12(13)14)7-5-11-15-6-8-16(11)3/h6,8,10H,4-5,7,9H2,1-3H3,(H3,13,14). The third-order valence-corrected chi connectivity index (χ3v) is 3.08. The average Bonchev–Trinajstić information content (AvgIpc) is 2.69. The molecule has 1 atom stereocenters. The Labute approximate surface area is 103 Å². The Kier molecular flexibility index (Phi) is 5.15. The van der Waals surface area contributed by atoms with Crippen molar-refractivity contribution in [3.8, 4) is 0 Å². The van der Waals surface area contributed by atoms with E-state index in [0.717, 1.165) is 31.9 Å². The summed E-state index contributed by atoms with van der Waals surface area (Å²) < 4.78 is 2.04. The highest BCUT2D eigenvalue weighted by atomic mass is 15.1. The molecule has 17 heavy (non-hydrogen) atoms. The summed E-state index contributed by atoms with van der Waals surface area (Å²) in [5, 5.41) is 7.41. The Bertz CT molecular complexity index is 358. The summed E-state index contributed by atoms with van der Waals surface area (Å²) in [4.78, 5) is 6.61. The van der Waals surface area contributed by atoms with Crippen LogP contribution in [0.3, 0.4) is 0 Å². The highest BCUT2D eigenvalue weighted by Crippen LogP contribution is 2.02. The van der Waals surface area contributed by atoms with Crippen molar-refractivity contribution < 1.29 is 0 Å². The third-order valence-electron chi connectivity index (χ3n) is 3.08. The number of hydrogen-bond acceptors (Lipinski definition) is 3. The molecule has 0 aliphatic carbocycles. The average molecular weight is 237 g/mol. The SMILES string of the molecule is CCN(CCc1nccn1C)CC(C)C(=N)N. The number of nitrogens with zero attached hydrogens (tertiary/aromatic N) is 3. The van der Waals surface area contributed by atoms with Crippen molar-refractivity contribution in [2.75, 3.05) is 19.6 Å². The first-order chi connectivity index (χ1) is 8.04. The van der Waals surface area contributed by atoms with Crippen LogP contribution in [0.1, 0.15) is 19.7 Å². The highest BCUT2D eigenvalue weighted by Gasteiger charge is 2.11. The topological polar surface area (TPSA) is 70.9 Å². The van der Waals surface area contributed by atoms with Gasteiger partial charge in [-0.2, -0.15) is 0 Å². The van der Waals surface area contributed by atoms with Crippen molar-refractivity contribution in [1.82, 2.24) is 14.5 Å². The van der Waals surface area contributed by atoms with E-state index in [2.05, 4.69) is 16.8 Å². The second-order valence-corrected chi connectivity index (χ2v) is 4.45. The summed E-state index contributed by atoms with van der Waals surface area (Å²) in [6.07, 6.45) is 4.72. The number of likely N-dealkylation sites (N-methyl/N-ethyl adjacent to an activating group) is 1. The van der Waals surface area contributed by atoms with Gasteiger partial charge in [-0.1, -0.05) is 13.8 Å². The maximum Gasteiger partial charge on any atom is 0.109 e. The number of hydrogen-bond donors (Lipinski definition) is 2. The van der Waals surface area contributed by atoms with E-state index in [1.54, 1.807) is 0 Å². The van der Waals surface area contributed by atoms with Crippen molar-refractivity contribution in [1.29, 1.82) is 5.41 Å². The molecule has 5 nitrogen and oxygen atoms in total. The molecule has 1 heterocycles. The Hall–Kier alpha value is -1.36. The van der Waals surface area contributed by atoms with Crippen LogP contribution in [0.25, 0.3) is 0 Å². The van der Waals surface area contributed by atoms with Crippen molar-refractivity contribution in [2.24, 2.45) is 18.7 Å². The van der Waals surface area contributed by atoms with Gasteiger partial charge in [0.2, 0.25) is 0 Å². The minimum absolute atomic E-state index is 0.122. The lowest BCUT2D eigenvalue weighted by Crippen LogP contribution is -2.35. The molecule has 96 valence electrons. The van der Waals surface area contributed by atoms with E-state index < -0.39 is 0 Å². The number of amidine groups is 1. The van der Waals surface area contributed by atoms with Crippen LogP contribution in [-0.2, 0) is 13.5 Å². The van der Waals surface area contributed by atoms with Crippen molar-refractivity contribution in [3.63, 3.8) is 0 Å². The van der Waals surface area contributed by atoms with Gasteiger partial charge in [0.25, 0.3) is 0 Å². The normalized spacial score (nSPS) is 12.9. The molecule has 1 aromatic rings. The number of imidazole rings is 1. The van der Waals surface area contributed by atoms with Gasteiger partial charge in [-0.25, -0.2) is 4.98 Å². The largest absolute Gasteiger partial charge is 0.387 e. The fourth-order valence-electron chi connectivity index (χ4n) is 1.76. The third kappa shape index (κ3) is 4.19. The lowest BCUT2D eigenvalue weighted by molar-refractivity contribution is 0.272. The number of aryl methyl sites for hydroxylation is 1. The Morgan fingerprint density at radius 3 is 2.82 bits per heavy atom. The Morgan fingerprint density at radius 2 is 2.35 bits per heavy atom. The van der Waals surface area contributed by atoms with Gasteiger partial charge in [0.1, 0.15) is 5.82 Å². The first-order valence-corrected chi connectivity index (χ1v) is 6.07. The Morgan fingerprint density at radius 1 is 1.65 bits per heavy atom. The van der Waals surface area contributed by atoms with E-state index in [-0.39, 0.29) is 11.8 Å². The molecule has 0 fully saturated rings. The van der Waals surface area contributed by atoms with Crippen LogP contribution in [0, 0.1) is 11.3 Å². The fraction of sp³-hybridized carbons (Fsp3) is 0.667. The molecule has 1 unspecified atom stereocenters. The first-order valence-electron chi connectivity index (χ1n) is 6.07. The van der Waals surface area contributed by atoms with Gasteiger partial charge in [0.05, 0.1) is 5.84 Å². The summed E-state index contributed by atoms with van der Waals surface area (Å²) in [6, 6.07) is 0. The molecular weight excluding hydrogens is 214 g/mol. The van der Waals surface area contributed by atoms with E-state index in [0.29, 0.717) is 0 Å². The minimum Gasteiger partial charge on any atom is -0.387 e. The number of aromatic nitrogens is 2. The molecular formula is C12H23N5. The van der Waals surface area contributed by atoms with Crippen LogP contribution in [0.4, 0.5) is 0 Å². The van der Waals surface area contributed by atoms with Crippen LogP contribution in [0.15, 0.2) is 12.4 Å². The van der Waals surface area contributed by atoms with Crippen LogP contribution >= 0.6 is 0 Å². The summed E-state index contributed by atoms with van der Waals surface area (Å²) in [6.45, 7) is 6.90. The highest BCUT2D eigenvalue weighted by molar-refractivity contribution is 5.79. The predicted molar refractivity (Wildman–Crippen MR) is 70.1 cm³/mol. The predicted octanol–water partition coefficient (Wildman–Crippen LogP) is 0.857. The summed E-state index contributed by atoms with van der Waals surface area (Å²) >= 11 is 0. The van der Waals surface area contributed by atoms with E-state index in [4.69, 9.17) is 11.1 Å². The Balaban J connectivity index is 2.42. The maximum atomic E-state index is 7.41. The van der Waals surface area contributed by atoms with Crippen molar-refractivity contribution in [2.45, 2.75) is 20.3 Å². The first kappa shape index (κ1) is 13.7. The van der Waals surface area contributed by atoms with Crippen LogP contribution in [0.5, 0.6) is 0 Å². The van der Waals surface area contributed by atoms with Crippen LogP contribution < -0.4 is 5.73 Å². The van der Waals surface area contributed by atoms with Crippen molar-refractivity contribution >= 4 is 5.84 Å². The van der Waals surface area contributed by atoms with Crippen LogP contribution in [-0.4, -0.2) is 39.9 Å². The summed E-state index contributed by atoms with van der Waals surface area (Å²) in [5.74, 6) is 1.48. The zero-order valence-electron chi connectivity index (χ0n) is 11.0. The molecule has 3 N–H and O–H groups in total. The van der Waals surface area contributed by atoms with Gasteiger partial charge in [-0.05, 0) is 6.54 Å². The molecule has 1 aromatic heterocycles. The number of rotatable bonds is 7. The van der Waals surface area contributed by atoms with Gasteiger partial charge < -0.3 is 15.2 Å². The number of nitrogens with two attached hydrogens (primary N) is 1. The number of nitrogens with one attached hydrogen (secondary N) is 1. The lowest BCUT2D eigenvalue weighted by Gasteiger charge is -2.23. The van der Waals surface area contributed by atoms with Gasteiger partial charge in [-0.15, -0.1) is 0 Å². The molecule has 0 aromatic carbocycles. The molecule has 0 aliphatic rings.